The van der Waals surface area contributed by atoms with Crippen LogP contribution >= 0.6 is 0 Å². The van der Waals surface area contributed by atoms with Crippen LogP contribution in [-0.4, -0.2) is 114 Å². The average Bonchev–Trinajstić information content (AvgIpc) is 3.74. The minimum absolute atomic E-state index is 0.0460. The Kier molecular flexibility index (Phi) is 18.3. The van der Waals surface area contributed by atoms with Crippen molar-refractivity contribution in [1.82, 2.24) is 25.9 Å². The molecule has 2 unspecified atom stereocenters. The van der Waals surface area contributed by atoms with Crippen molar-refractivity contribution in [2.24, 2.45) is 5.92 Å². The number of furan rings is 1. The highest BCUT2D eigenvalue weighted by atomic mass is 16.7. The summed E-state index contributed by atoms with van der Waals surface area (Å²) in [5.74, 6) is -6.22. The zero-order chi connectivity index (χ0) is 44.5. The molecule has 1 aromatic heterocycles. The number of aliphatic carboxylic acids is 2. The molecule has 61 heavy (non-hydrogen) atoms. The summed E-state index contributed by atoms with van der Waals surface area (Å²) >= 11 is 0. The van der Waals surface area contributed by atoms with Crippen molar-refractivity contribution in [1.29, 1.82) is 0 Å². The lowest BCUT2D eigenvalue weighted by molar-refractivity contribution is -0.171. The highest BCUT2D eigenvalue weighted by Crippen LogP contribution is 2.30. The fourth-order valence-electron chi connectivity index (χ4n) is 6.93. The standard InChI is InChI=1S/C43H55N5O13/c1-5-8-9-10-31(34(6-2)48(26-49)61-43(57)30-13-11-28(21-27(30)4)24-47-17-19-58-20-18-47)39(52)44-25-45-41(54)36-16-15-35(60-36)29-12-14-32(37(22-29)59-7-3)40(53)46-33(42(55)56)23-38(50)51/h11-16,21-22,26,31,33-34H,5-10,17-20,23-25H2,1-4H3,(H,44,52)(H,45,54)(H,46,53)(H,50,51)(H,55,56)/t31?,33?,34-/m1/s1. The molecule has 4 amide bonds. The van der Waals surface area contributed by atoms with E-state index in [1.165, 1.54) is 30.3 Å². The SMILES string of the molecule is CCCCCC(C(=O)NCNC(=O)c1ccc(-c2ccc(C(=O)NC(CC(=O)O)C(=O)O)c(OCC)c2)o1)[C@@H](CC)N(C=O)OC(=O)c1ccc(CN2CCOCC2)cc1C. The third-order valence-corrected chi connectivity index (χ3v) is 10.1. The van der Waals surface area contributed by atoms with E-state index in [2.05, 4.69) is 20.9 Å². The van der Waals surface area contributed by atoms with Gasteiger partial charge in [-0.25, -0.2) is 9.59 Å². The van der Waals surface area contributed by atoms with Crippen molar-refractivity contribution >= 4 is 42.0 Å². The van der Waals surface area contributed by atoms with Crippen molar-refractivity contribution in [3.63, 3.8) is 0 Å². The molecule has 1 aliphatic rings. The Morgan fingerprint density at radius 3 is 2.30 bits per heavy atom. The van der Waals surface area contributed by atoms with Gasteiger partial charge in [0, 0.05) is 25.2 Å². The molecule has 3 atom stereocenters. The maximum Gasteiger partial charge on any atom is 0.363 e. The number of nitrogens with zero attached hydrogens (tertiary/aromatic N) is 2. The molecule has 2 aromatic carbocycles. The molecular formula is C43H55N5O13. The predicted octanol–water partition coefficient (Wildman–Crippen LogP) is 4.15. The van der Waals surface area contributed by atoms with Crippen LogP contribution in [0, 0.1) is 12.8 Å². The maximum atomic E-state index is 13.7. The van der Waals surface area contributed by atoms with Crippen LogP contribution in [0.25, 0.3) is 11.3 Å². The smallest absolute Gasteiger partial charge is 0.363 e. The summed E-state index contributed by atoms with van der Waals surface area (Å²) < 4.78 is 16.8. The van der Waals surface area contributed by atoms with Crippen molar-refractivity contribution in [2.75, 3.05) is 39.6 Å². The van der Waals surface area contributed by atoms with Gasteiger partial charge in [-0.1, -0.05) is 51.3 Å². The van der Waals surface area contributed by atoms with Gasteiger partial charge in [0.1, 0.15) is 17.6 Å². The third kappa shape index (κ3) is 13.6. The Morgan fingerprint density at radius 1 is 0.918 bits per heavy atom. The lowest BCUT2D eigenvalue weighted by Gasteiger charge is -2.32. The first-order valence-electron chi connectivity index (χ1n) is 20.3. The number of unbranched alkanes of at least 4 members (excludes halogenated alkanes) is 2. The third-order valence-electron chi connectivity index (χ3n) is 10.1. The Hall–Kier alpha value is -6.27. The molecule has 18 heteroatoms. The summed E-state index contributed by atoms with van der Waals surface area (Å²) in [6, 6.07) is 10.2. The predicted molar refractivity (Wildman–Crippen MR) is 219 cm³/mol. The van der Waals surface area contributed by atoms with E-state index >= 15 is 0 Å². The van der Waals surface area contributed by atoms with E-state index < -0.39 is 60.1 Å². The highest BCUT2D eigenvalue weighted by Gasteiger charge is 2.34. The topological polar surface area (TPSA) is 243 Å². The van der Waals surface area contributed by atoms with E-state index in [9.17, 15) is 38.7 Å². The molecule has 1 aliphatic heterocycles. The monoisotopic (exact) mass is 849 g/mol. The molecule has 330 valence electrons. The maximum absolute atomic E-state index is 13.7. The van der Waals surface area contributed by atoms with Gasteiger partial charge >= 0.3 is 17.9 Å². The number of hydroxylamine groups is 2. The second kappa shape index (κ2) is 23.5. The molecule has 18 nitrogen and oxygen atoms in total. The number of aryl methyl sites for hydroxylation is 1. The van der Waals surface area contributed by atoms with E-state index in [-0.39, 0.29) is 36.1 Å². The Morgan fingerprint density at radius 2 is 1.66 bits per heavy atom. The number of hydrogen-bond acceptors (Lipinski definition) is 12. The highest BCUT2D eigenvalue weighted by molar-refractivity contribution is 6.00. The zero-order valence-electron chi connectivity index (χ0n) is 34.9. The lowest BCUT2D eigenvalue weighted by atomic mass is 9.90. The van der Waals surface area contributed by atoms with Crippen molar-refractivity contribution < 1.29 is 62.5 Å². The summed E-state index contributed by atoms with van der Waals surface area (Å²) in [6.45, 7) is 10.8. The van der Waals surface area contributed by atoms with Crippen LogP contribution in [0.3, 0.4) is 0 Å². The van der Waals surface area contributed by atoms with Gasteiger partial charge in [0.15, 0.2) is 5.76 Å². The second-order valence-corrected chi connectivity index (χ2v) is 14.5. The van der Waals surface area contributed by atoms with Crippen LogP contribution in [-0.2, 0) is 35.3 Å². The van der Waals surface area contributed by atoms with Crippen molar-refractivity contribution in [2.45, 2.75) is 84.8 Å². The number of carbonyl (C=O) groups excluding carboxylic acids is 5. The van der Waals surface area contributed by atoms with E-state index in [1.807, 2.05) is 19.1 Å². The van der Waals surface area contributed by atoms with E-state index in [1.54, 1.807) is 26.8 Å². The van der Waals surface area contributed by atoms with Gasteiger partial charge in [-0.2, -0.15) is 5.06 Å². The first-order chi connectivity index (χ1) is 29.3. The summed E-state index contributed by atoms with van der Waals surface area (Å²) in [7, 11) is 0. The second-order valence-electron chi connectivity index (χ2n) is 14.5. The molecule has 0 radical (unpaired) electrons. The van der Waals surface area contributed by atoms with Crippen LogP contribution in [0.15, 0.2) is 52.9 Å². The van der Waals surface area contributed by atoms with Gasteiger partial charge in [-0.15, -0.1) is 0 Å². The molecular weight excluding hydrogens is 794 g/mol. The summed E-state index contributed by atoms with van der Waals surface area (Å²) in [5.41, 5.74) is 2.37. The number of carbonyl (C=O) groups is 7. The largest absolute Gasteiger partial charge is 0.493 e. The normalized spacial score (nSPS) is 14.2. The summed E-state index contributed by atoms with van der Waals surface area (Å²) in [4.78, 5) is 96.0. The minimum Gasteiger partial charge on any atom is -0.493 e. The van der Waals surface area contributed by atoms with Gasteiger partial charge in [0.25, 0.3) is 11.8 Å². The number of carboxylic acid groups (broad SMARTS) is 2. The van der Waals surface area contributed by atoms with Gasteiger partial charge in [-0.3, -0.25) is 28.9 Å². The molecule has 0 aliphatic carbocycles. The van der Waals surface area contributed by atoms with E-state index in [4.69, 9.17) is 23.8 Å². The number of amides is 4. The van der Waals surface area contributed by atoms with Gasteiger partial charge in [-0.05, 0) is 68.1 Å². The lowest BCUT2D eigenvalue weighted by Crippen LogP contribution is -2.49. The number of morpholine rings is 1. The number of hydrogen-bond donors (Lipinski definition) is 5. The van der Waals surface area contributed by atoms with E-state index in [0.29, 0.717) is 62.1 Å². The number of benzene rings is 2. The fourth-order valence-corrected chi connectivity index (χ4v) is 6.93. The average molecular weight is 850 g/mol. The molecule has 3 aromatic rings. The molecule has 0 bridgehead atoms. The Balaban J connectivity index is 1.39. The fraction of sp³-hybridized carbons (Fsp3) is 0.465. The molecule has 2 heterocycles. The summed E-state index contributed by atoms with van der Waals surface area (Å²) in [6.07, 6.45) is 2.63. The van der Waals surface area contributed by atoms with E-state index in [0.717, 1.165) is 36.6 Å². The number of ether oxygens (including phenoxy) is 2. The quantitative estimate of drug-likeness (QED) is 0.0368. The van der Waals surface area contributed by atoms with Crippen LogP contribution < -0.4 is 20.7 Å². The molecule has 5 N–H and O–H groups in total. The number of nitrogens with one attached hydrogen (secondary N) is 3. The van der Waals surface area contributed by atoms with Crippen LogP contribution in [0.1, 0.15) is 102 Å². The Bertz CT molecular complexity index is 2010. The minimum atomic E-state index is -1.67. The molecule has 4 rings (SSSR count). The number of rotatable bonds is 24. The molecule has 1 saturated heterocycles. The summed E-state index contributed by atoms with van der Waals surface area (Å²) in [5, 5.41) is 26.8. The molecule has 0 saturated carbocycles. The molecule has 1 fully saturated rings. The van der Waals surface area contributed by atoms with Crippen LogP contribution in [0.2, 0.25) is 0 Å². The van der Waals surface area contributed by atoms with Gasteiger partial charge in [0.05, 0.1) is 56.0 Å². The van der Waals surface area contributed by atoms with Crippen LogP contribution in [0.4, 0.5) is 0 Å². The first-order valence-corrected chi connectivity index (χ1v) is 20.3. The van der Waals surface area contributed by atoms with Crippen molar-refractivity contribution in [3.05, 3.63) is 76.5 Å². The molecule has 0 spiro atoms. The van der Waals surface area contributed by atoms with Gasteiger partial charge < -0.3 is 44.9 Å². The number of carboxylic acids is 2. The first kappa shape index (κ1) is 47.4. The zero-order valence-corrected chi connectivity index (χ0v) is 34.9. The van der Waals surface area contributed by atoms with Crippen molar-refractivity contribution in [3.8, 4) is 17.1 Å². The Labute approximate surface area is 353 Å². The van der Waals surface area contributed by atoms with Crippen LogP contribution in [0.5, 0.6) is 5.75 Å². The van der Waals surface area contributed by atoms with Gasteiger partial charge in [0.2, 0.25) is 12.3 Å².